The number of benzene rings is 1. The van der Waals surface area contributed by atoms with Crippen molar-refractivity contribution in [2.45, 2.75) is 38.2 Å². The Morgan fingerprint density at radius 1 is 1.27 bits per heavy atom. The number of aryl methyl sites for hydroxylation is 1. The van der Waals surface area contributed by atoms with Gasteiger partial charge < -0.3 is 19.5 Å². The molecule has 0 bridgehead atoms. The fraction of sp³-hybridized carbons (Fsp3) is 0.600. The molecule has 0 radical (unpaired) electrons. The lowest BCUT2D eigenvalue weighted by Crippen LogP contribution is -2.43. The van der Waals surface area contributed by atoms with E-state index in [9.17, 15) is 14.7 Å². The monoisotopic (exact) mass is 361 g/mol. The van der Waals surface area contributed by atoms with Gasteiger partial charge in [0.2, 0.25) is 5.91 Å². The fourth-order valence-corrected chi connectivity index (χ4v) is 4.05. The third-order valence-electron chi connectivity index (χ3n) is 5.57. The number of aliphatic carboxylic acids is 1. The molecule has 6 nitrogen and oxygen atoms in total. The van der Waals surface area contributed by atoms with Gasteiger partial charge in [-0.2, -0.15) is 0 Å². The Morgan fingerprint density at radius 2 is 2.04 bits per heavy atom. The summed E-state index contributed by atoms with van der Waals surface area (Å²) in [6.45, 7) is 1.91. The molecule has 1 N–H and O–H groups in total. The number of hydrogen-bond acceptors (Lipinski definition) is 4. The van der Waals surface area contributed by atoms with Gasteiger partial charge in [0.25, 0.3) is 0 Å². The molecule has 2 heterocycles. The minimum Gasteiger partial charge on any atom is -0.497 e. The maximum Gasteiger partial charge on any atom is 0.309 e. The molecule has 0 saturated carbocycles. The highest BCUT2D eigenvalue weighted by molar-refractivity contribution is 5.76. The number of carboxylic acid groups (broad SMARTS) is 1. The summed E-state index contributed by atoms with van der Waals surface area (Å²) in [6.07, 6.45) is 3.22. The molecule has 1 unspecified atom stereocenters. The molecule has 142 valence electrons. The van der Waals surface area contributed by atoms with E-state index in [4.69, 9.17) is 9.47 Å². The molecule has 0 aromatic heterocycles. The minimum atomic E-state index is -0.760. The topological polar surface area (TPSA) is 76.1 Å². The summed E-state index contributed by atoms with van der Waals surface area (Å²) in [5, 5.41) is 9.32. The number of nitrogens with zero attached hydrogens (tertiary/aromatic N) is 1. The van der Waals surface area contributed by atoms with Gasteiger partial charge in [0.1, 0.15) is 5.75 Å². The molecule has 1 amide bonds. The van der Waals surface area contributed by atoms with Crippen molar-refractivity contribution in [2.75, 3.05) is 26.8 Å². The van der Waals surface area contributed by atoms with Crippen molar-refractivity contribution in [1.29, 1.82) is 0 Å². The molecule has 1 aromatic rings. The van der Waals surface area contributed by atoms with E-state index in [0.717, 1.165) is 24.2 Å². The van der Waals surface area contributed by atoms with Gasteiger partial charge >= 0.3 is 5.97 Å². The van der Waals surface area contributed by atoms with Crippen LogP contribution in [0, 0.1) is 11.8 Å². The van der Waals surface area contributed by atoms with Crippen LogP contribution in [0.2, 0.25) is 0 Å². The minimum absolute atomic E-state index is 0.161. The van der Waals surface area contributed by atoms with E-state index in [0.29, 0.717) is 39.0 Å². The molecule has 1 aromatic carbocycles. The summed E-state index contributed by atoms with van der Waals surface area (Å²) in [5.74, 6) is 0.0503. The molecular weight excluding hydrogens is 334 g/mol. The standard InChI is InChI=1S/C20H27NO5/c1-25-16-4-2-3-14(13-16)5-6-18(22)21-10-7-15(8-11-21)19-17(20(23)24)9-12-26-19/h2-4,13,15,17,19H,5-12H2,1H3,(H,23,24)/t17?,19-/m0/s1. The van der Waals surface area contributed by atoms with E-state index in [-0.39, 0.29) is 17.9 Å². The molecule has 2 saturated heterocycles. The third kappa shape index (κ3) is 4.36. The normalized spacial score (nSPS) is 23.8. The van der Waals surface area contributed by atoms with Crippen LogP contribution < -0.4 is 4.74 Å². The van der Waals surface area contributed by atoms with Crippen LogP contribution in [0.1, 0.15) is 31.2 Å². The number of methoxy groups -OCH3 is 1. The Hall–Kier alpha value is -2.08. The highest BCUT2D eigenvalue weighted by atomic mass is 16.5. The van der Waals surface area contributed by atoms with E-state index in [1.807, 2.05) is 29.2 Å². The van der Waals surface area contributed by atoms with E-state index in [2.05, 4.69) is 0 Å². The third-order valence-corrected chi connectivity index (χ3v) is 5.57. The van der Waals surface area contributed by atoms with Gasteiger partial charge in [0.15, 0.2) is 0 Å². The first-order chi connectivity index (χ1) is 12.6. The van der Waals surface area contributed by atoms with Gasteiger partial charge in [-0.25, -0.2) is 0 Å². The molecular formula is C20H27NO5. The molecule has 2 aliphatic rings. The number of piperidine rings is 1. The molecule has 3 rings (SSSR count). The van der Waals surface area contributed by atoms with Gasteiger partial charge in [0, 0.05) is 26.1 Å². The molecule has 2 fully saturated rings. The van der Waals surface area contributed by atoms with Crippen molar-refractivity contribution in [2.24, 2.45) is 11.8 Å². The lowest BCUT2D eigenvalue weighted by atomic mass is 9.84. The predicted octanol–water partition coefficient (Wildman–Crippen LogP) is 2.36. The number of ether oxygens (including phenoxy) is 2. The quantitative estimate of drug-likeness (QED) is 0.842. The Balaban J connectivity index is 1.47. The Bertz CT molecular complexity index is 639. The second-order valence-corrected chi connectivity index (χ2v) is 7.14. The van der Waals surface area contributed by atoms with E-state index in [1.165, 1.54) is 0 Å². The Kier molecular flexibility index (Phi) is 6.14. The molecule has 0 spiro atoms. The number of amides is 1. The molecule has 2 atom stereocenters. The zero-order valence-electron chi connectivity index (χ0n) is 15.2. The van der Waals surface area contributed by atoms with Crippen molar-refractivity contribution in [3.8, 4) is 5.75 Å². The van der Waals surface area contributed by atoms with Gasteiger partial charge in [-0.3, -0.25) is 9.59 Å². The maximum absolute atomic E-state index is 12.5. The van der Waals surface area contributed by atoms with Gasteiger partial charge in [-0.05, 0) is 49.3 Å². The van der Waals surface area contributed by atoms with Gasteiger partial charge in [-0.1, -0.05) is 12.1 Å². The number of likely N-dealkylation sites (tertiary alicyclic amines) is 1. The van der Waals surface area contributed by atoms with Gasteiger partial charge in [0.05, 0.1) is 19.1 Å². The first kappa shape index (κ1) is 18.7. The molecule has 2 aliphatic heterocycles. The number of hydrogen-bond donors (Lipinski definition) is 1. The van der Waals surface area contributed by atoms with Crippen molar-refractivity contribution in [1.82, 2.24) is 4.90 Å². The number of carbonyl (C=O) groups is 2. The summed E-state index contributed by atoms with van der Waals surface area (Å²) in [5.41, 5.74) is 1.09. The van der Waals surface area contributed by atoms with Crippen LogP contribution in [0.25, 0.3) is 0 Å². The van der Waals surface area contributed by atoms with E-state index in [1.54, 1.807) is 7.11 Å². The summed E-state index contributed by atoms with van der Waals surface area (Å²) in [4.78, 5) is 25.7. The van der Waals surface area contributed by atoms with Crippen LogP contribution in [0.5, 0.6) is 5.75 Å². The van der Waals surface area contributed by atoms with Crippen molar-refractivity contribution < 1.29 is 24.2 Å². The van der Waals surface area contributed by atoms with Crippen molar-refractivity contribution >= 4 is 11.9 Å². The summed E-state index contributed by atoms with van der Waals surface area (Å²) >= 11 is 0. The van der Waals surface area contributed by atoms with Crippen LogP contribution in [-0.4, -0.2) is 54.8 Å². The summed E-state index contributed by atoms with van der Waals surface area (Å²) < 4.78 is 10.9. The molecule has 26 heavy (non-hydrogen) atoms. The number of rotatable bonds is 6. The first-order valence-electron chi connectivity index (χ1n) is 9.33. The average molecular weight is 361 g/mol. The highest BCUT2D eigenvalue weighted by Crippen LogP contribution is 2.33. The average Bonchev–Trinajstić information content (AvgIpc) is 3.16. The Morgan fingerprint density at radius 3 is 2.73 bits per heavy atom. The zero-order chi connectivity index (χ0) is 18.5. The summed E-state index contributed by atoms with van der Waals surface area (Å²) in [7, 11) is 1.64. The second kappa shape index (κ2) is 8.54. The van der Waals surface area contributed by atoms with E-state index < -0.39 is 11.9 Å². The first-order valence-corrected chi connectivity index (χ1v) is 9.33. The predicted molar refractivity (Wildman–Crippen MR) is 96.1 cm³/mol. The van der Waals surface area contributed by atoms with Crippen LogP contribution >= 0.6 is 0 Å². The SMILES string of the molecule is COc1cccc(CCC(=O)N2CCC([C@@H]3OCCC3C(=O)O)CC2)c1. The lowest BCUT2D eigenvalue weighted by Gasteiger charge is -2.35. The zero-order valence-corrected chi connectivity index (χ0v) is 15.2. The molecule has 0 aliphatic carbocycles. The largest absolute Gasteiger partial charge is 0.497 e. The summed E-state index contributed by atoms with van der Waals surface area (Å²) in [6, 6.07) is 7.80. The maximum atomic E-state index is 12.5. The second-order valence-electron chi connectivity index (χ2n) is 7.14. The number of carbonyl (C=O) groups excluding carboxylic acids is 1. The van der Waals surface area contributed by atoms with Crippen LogP contribution in [0.4, 0.5) is 0 Å². The van der Waals surface area contributed by atoms with E-state index >= 15 is 0 Å². The van der Waals surface area contributed by atoms with Crippen molar-refractivity contribution in [3.05, 3.63) is 29.8 Å². The fourth-order valence-electron chi connectivity index (χ4n) is 4.05. The van der Waals surface area contributed by atoms with Crippen LogP contribution in [0.15, 0.2) is 24.3 Å². The Labute approximate surface area is 154 Å². The smallest absolute Gasteiger partial charge is 0.309 e. The number of carboxylic acids is 1. The highest BCUT2D eigenvalue weighted by Gasteiger charge is 2.40. The van der Waals surface area contributed by atoms with Crippen LogP contribution in [0.3, 0.4) is 0 Å². The molecule has 6 heteroatoms. The van der Waals surface area contributed by atoms with Crippen LogP contribution in [-0.2, 0) is 20.7 Å². The van der Waals surface area contributed by atoms with Gasteiger partial charge in [-0.15, -0.1) is 0 Å². The van der Waals surface area contributed by atoms with Crippen molar-refractivity contribution in [3.63, 3.8) is 0 Å². The lowest BCUT2D eigenvalue weighted by molar-refractivity contribution is -0.146.